The smallest absolute Gasteiger partial charge is 0.211 e. The van der Waals surface area contributed by atoms with Crippen molar-refractivity contribution in [3.05, 3.63) is 0 Å². The predicted octanol–water partition coefficient (Wildman–Crippen LogP) is 1.83. The molecule has 0 heterocycles. The van der Waals surface area contributed by atoms with Crippen LogP contribution in [0.15, 0.2) is 0 Å². The Morgan fingerprint density at radius 2 is 1.89 bits per heavy atom. The highest BCUT2D eigenvalue weighted by Gasteiger charge is 2.09. The standard InChI is InChI=1S/C12H28N2O2S2/c1-4-8-13-9-5-6-11-18(15,16)14-10-7-12(2)17-3/h12-14H,4-11H2,1-3H3. The van der Waals surface area contributed by atoms with Gasteiger partial charge in [-0.25, -0.2) is 13.1 Å². The zero-order chi connectivity index (χ0) is 13.9. The van der Waals surface area contributed by atoms with Gasteiger partial charge in [0.05, 0.1) is 5.75 Å². The Balaban J connectivity index is 3.55. The molecule has 4 nitrogen and oxygen atoms in total. The normalized spacial score (nSPS) is 13.7. The molecule has 18 heavy (non-hydrogen) atoms. The fraction of sp³-hybridized carbons (Fsp3) is 1.00. The molecule has 0 aliphatic heterocycles. The van der Waals surface area contributed by atoms with Crippen LogP contribution in [0.2, 0.25) is 0 Å². The summed E-state index contributed by atoms with van der Waals surface area (Å²) in [6, 6.07) is 0. The third kappa shape index (κ3) is 11.3. The number of thioether (sulfide) groups is 1. The Hall–Kier alpha value is 0.220. The highest BCUT2D eigenvalue weighted by atomic mass is 32.2. The van der Waals surface area contributed by atoms with Crippen LogP contribution in [0.1, 0.15) is 39.5 Å². The van der Waals surface area contributed by atoms with Crippen molar-refractivity contribution in [1.29, 1.82) is 0 Å². The minimum atomic E-state index is -3.07. The van der Waals surface area contributed by atoms with Crippen LogP contribution < -0.4 is 10.0 Å². The lowest BCUT2D eigenvalue weighted by Gasteiger charge is -2.10. The second-order valence-corrected chi connectivity index (χ2v) is 7.71. The summed E-state index contributed by atoms with van der Waals surface area (Å²) in [7, 11) is -3.07. The number of hydrogen-bond acceptors (Lipinski definition) is 4. The maximum atomic E-state index is 11.7. The van der Waals surface area contributed by atoms with Gasteiger partial charge in [0.15, 0.2) is 0 Å². The van der Waals surface area contributed by atoms with E-state index in [-0.39, 0.29) is 5.75 Å². The van der Waals surface area contributed by atoms with Crippen LogP contribution in [-0.4, -0.2) is 45.3 Å². The molecule has 110 valence electrons. The molecule has 0 aromatic heterocycles. The highest BCUT2D eigenvalue weighted by Crippen LogP contribution is 2.08. The van der Waals surface area contributed by atoms with E-state index in [4.69, 9.17) is 0 Å². The lowest BCUT2D eigenvalue weighted by atomic mass is 10.3. The van der Waals surface area contributed by atoms with Crippen molar-refractivity contribution in [2.45, 2.75) is 44.8 Å². The van der Waals surface area contributed by atoms with Crippen molar-refractivity contribution in [2.24, 2.45) is 0 Å². The molecule has 0 amide bonds. The van der Waals surface area contributed by atoms with E-state index in [9.17, 15) is 8.42 Å². The minimum absolute atomic E-state index is 0.244. The largest absolute Gasteiger partial charge is 0.317 e. The van der Waals surface area contributed by atoms with E-state index in [2.05, 4.69) is 23.9 Å². The fourth-order valence-corrected chi connectivity index (χ4v) is 2.96. The van der Waals surface area contributed by atoms with E-state index in [1.807, 2.05) is 6.26 Å². The Morgan fingerprint density at radius 3 is 2.50 bits per heavy atom. The Kier molecular flexibility index (Phi) is 11.2. The first kappa shape index (κ1) is 18.2. The molecule has 0 aliphatic carbocycles. The van der Waals surface area contributed by atoms with Crippen LogP contribution in [0, 0.1) is 0 Å². The van der Waals surface area contributed by atoms with Gasteiger partial charge in [-0.05, 0) is 45.0 Å². The first-order valence-corrected chi connectivity index (χ1v) is 9.66. The molecular weight excluding hydrogens is 268 g/mol. The number of sulfonamides is 1. The molecule has 0 aromatic rings. The highest BCUT2D eigenvalue weighted by molar-refractivity contribution is 7.99. The van der Waals surface area contributed by atoms with Crippen LogP contribution in [0.4, 0.5) is 0 Å². The number of hydrogen-bond donors (Lipinski definition) is 2. The van der Waals surface area contributed by atoms with E-state index >= 15 is 0 Å². The van der Waals surface area contributed by atoms with Gasteiger partial charge in [0.25, 0.3) is 0 Å². The Morgan fingerprint density at radius 1 is 1.17 bits per heavy atom. The summed E-state index contributed by atoms with van der Waals surface area (Å²) >= 11 is 1.76. The second kappa shape index (κ2) is 11.1. The molecule has 0 bridgehead atoms. The summed E-state index contributed by atoms with van der Waals surface area (Å²) < 4.78 is 26.0. The van der Waals surface area contributed by atoms with Crippen LogP contribution in [0.3, 0.4) is 0 Å². The third-order valence-electron chi connectivity index (χ3n) is 2.72. The molecular formula is C12H28N2O2S2. The van der Waals surface area contributed by atoms with E-state index in [1.54, 1.807) is 11.8 Å². The van der Waals surface area contributed by atoms with Crippen molar-refractivity contribution in [2.75, 3.05) is 31.6 Å². The molecule has 1 atom stereocenters. The van der Waals surface area contributed by atoms with E-state index < -0.39 is 10.0 Å². The van der Waals surface area contributed by atoms with Gasteiger partial charge in [-0.2, -0.15) is 11.8 Å². The van der Waals surface area contributed by atoms with Gasteiger partial charge in [-0.1, -0.05) is 13.8 Å². The second-order valence-electron chi connectivity index (χ2n) is 4.51. The van der Waals surface area contributed by atoms with Crippen molar-refractivity contribution < 1.29 is 8.42 Å². The summed E-state index contributed by atoms with van der Waals surface area (Å²) in [5.74, 6) is 0.244. The summed E-state index contributed by atoms with van der Waals surface area (Å²) in [6.07, 6.45) is 5.70. The van der Waals surface area contributed by atoms with Gasteiger partial charge in [-0.15, -0.1) is 0 Å². The predicted molar refractivity (Wildman–Crippen MR) is 81.8 cm³/mol. The van der Waals surface area contributed by atoms with Crippen LogP contribution in [0.5, 0.6) is 0 Å². The van der Waals surface area contributed by atoms with Crippen molar-refractivity contribution in [3.8, 4) is 0 Å². The monoisotopic (exact) mass is 296 g/mol. The average Bonchev–Trinajstić information content (AvgIpc) is 2.33. The van der Waals surface area contributed by atoms with E-state index in [1.165, 1.54) is 0 Å². The van der Waals surface area contributed by atoms with Crippen molar-refractivity contribution in [1.82, 2.24) is 10.0 Å². The minimum Gasteiger partial charge on any atom is -0.317 e. The Labute approximate surface area is 117 Å². The Bertz CT molecular complexity index is 282. The molecule has 0 saturated heterocycles. The molecule has 6 heteroatoms. The lowest BCUT2D eigenvalue weighted by Crippen LogP contribution is -2.29. The van der Waals surface area contributed by atoms with Gasteiger partial charge in [-0.3, -0.25) is 0 Å². The van der Waals surface area contributed by atoms with Gasteiger partial charge in [0, 0.05) is 11.8 Å². The van der Waals surface area contributed by atoms with Gasteiger partial charge >= 0.3 is 0 Å². The topological polar surface area (TPSA) is 58.2 Å². The molecule has 0 saturated carbocycles. The third-order valence-corrected chi connectivity index (χ3v) is 5.23. The number of unbranched alkanes of at least 4 members (excludes halogenated alkanes) is 1. The summed E-state index contributed by atoms with van der Waals surface area (Å²) in [5, 5.41) is 3.77. The lowest BCUT2D eigenvalue weighted by molar-refractivity contribution is 0.570. The van der Waals surface area contributed by atoms with Crippen LogP contribution in [-0.2, 0) is 10.0 Å². The molecule has 1 unspecified atom stereocenters. The number of rotatable bonds is 12. The summed E-state index contributed by atoms with van der Waals surface area (Å²) in [4.78, 5) is 0. The average molecular weight is 297 g/mol. The molecule has 2 N–H and O–H groups in total. The van der Waals surface area contributed by atoms with Gasteiger partial charge in [0.1, 0.15) is 0 Å². The van der Waals surface area contributed by atoms with E-state index in [0.29, 0.717) is 11.8 Å². The first-order valence-electron chi connectivity index (χ1n) is 6.72. The fourth-order valence-electron chi connectivity index (χ4n) is 1.45. The SMILES string of the molecule is CCCNCCCCS(=O)(=O)NCCC(C)SC. The molecule has 0 fully saturated rings. The molecule has 0 radical (unpaired) electrons. The maximum Gasteiger partial charge on any atom is 0.211 e. The van der Waals surface area contributed by atoms with Crippen LogP contribution >= 0.6 is 11.8 Å². The maximum absolute atomic E-state index is 11.7. The number of nitrogens with one attached hydrogen (secondary N) is 2. The first-order chi connectivity index (χ1) is 8.52. The quantitative estimate of drug-likeness (QED) is 0.539. The molecule has 0 spiro atoms. The van der Waals surface area contributed by atoms with E-state index in [0.717, 1.165) is 38.8 Å². The molecule has 0 rings (SSSR count). The van der Waals surface area contributed by atoms with Crippen molar-refractivity contribution in [3.63, 3.8) is 0 Å². The summed E-state index contributed by atoms with van der Waals surface area (Å²) in [6.45, 7) is 6.71. The molecule has 0 aliphatic rings. The van der Waals surface area contributed by atoms with Gasteiger partial charge in [0.2, 0.25) is 10.0 Å². The zero-order valence-electron chi connectivity index (χ0n) is 11.9. The zero-order valence-corrected chi connectivity index (χ0v) is 13.5. The summed E-state index contributed by atoms with van der Waals surface area (Å²) in [5.41, 5.74) is 0. The molecule has 0 aromatic carbocycles. The van der Waals surface area contributed by atoms with Crippen LogP contribution in [0.25, 0.3) is 0 Å². The van der Waals surface area contributed by atoms with Gasteiger partial charge < -0.3 is 5.32 Å². The van der Waals surface area contributed by atoms with Crippen molar-refractivity contribution >= 4 is 21.8 Å².